The number of hydrogen-bond donors (Lipinski definition) is 1. The average molecular weight is 330 g/mol. The van der Waals surface area contributed by atoms with Gasteiger partial charge in [-0.3, -0.25) is 9.59 Å². The van der Waals surface area contributed by atoms with Crippen molar-refractivity contribution >= 4 is 11.8 Å². The molecule has 1 spiro atoms. The molecule has 0 bridgehead atoms. The van der Waals surface area contributed by atoms with Crippen LogP contribution < -0.4 is 0 Å². The molecule has 1 aromatic carbocycles. The van der Waals surface area contributed by atoms with E-state index in [0.717, 1.165) is 38.8 Å². The van der Waals surface area contributed by atoms with Gasteiger partial charge in [-0.2, -0.15) is 0 Å². The molecule has 2 amide bonds. The van der Waals surface area contributed by atoms with Gasteiger partial charge in [-0.15, -0.1) is 0 Å². The molecule has 1 aromatic rings. The molecule has 0 saturated carbocycles. The summed E-state index contributed by atoms with van der Waals surface area (Å²) in [4.78, 5) is 27.7. The first-order valence-electron chi connectivity index (χ1n) is 8.82. The second-order valence-corrected chi connectivity index (χ2v) is 7.12. The molecule has 2 fully saturated rings. The Kier molecular flexibility index (Phi) is 5.19. The number of aryl methyl sites for hydroxylation is 1. The van der Waals surface area contributed by atoms with E-state index in [1.54, 1.807) is 4.90 Å². The first kappa shape index (κ1) is 17.0. The lowest BCUT2D eigenvalue weighted by Gasteiger charge is -2.38. The fraction of sp³-hybridized carbons (Fsp3) is 0.579. The molecule has 2 heterocycles. The summed E-state index contributed by atoms with van der Waals surface area (Å²) in [7, 11) is 0. The predicted molar refractivity (Wildman–Crippen MR) is 91.3 cm³/mol. The first-order valence-corrected chi connectivity index (χ1v) is 8.82. The minimum absolute atomic E-state index is 0.0378. The third-order valence-corrected chi connectivity index (χ3v) is 5.45. The number of benzene rings is 1. The maximum absolute atomic E-state index is 12.4. The molecule has 5 heteroatoms. The van der Waals surface area contributed by atoms with Crippen molar-refractivity contribution in [3.05, 3.63) is 35.9 Å². The summed E-state index contributed by atoms with van der Waals surface area (Å²) in [5, 5.41) is 8.97. The van der Waals surface area contributed by atoms with E-state index >= 15 is 0 Å². The Labute approximate surface area is 143 Å². The van der Waals surface area contributed by atoms with Gasteiger partial charge in [0.1, 0.15) is 6.61 Å². The van der Waals surface area contributed by atoms with E-state index in [9.17, 15) is 9.59 Å². The number of piperidine rings is 1. The van der Waals surface area contributed by atoms with E-state index in [4.69, 9.17) is 5.11 Å². The van der Waals surface area contributed by atoms with Gasteiger partial charge in [0, 0.05) is 38.0 Å². The van der Waals surface area contributed by atoms with Crippen LogP contribution in [-0.2, 0) is 16.0 Å². The highest BCUT2D eigenvalue weighted by atomic mass is 16.3. The van der Waals surface area contributed by atoms with Crippen molar-refractivity contribution in [3.8, 4) is 0 Å². The van der Waals surface area contributed by atoms with Crippen LogP contribution in [0.3, 0.4) is 0 Å². The Morgan fingerprint density at radius 2 is 1.88 bits per heavy atom. The van der Waals surface area contributed by atoms with Gasteiger partial charge in [0.25, 0.3) is 0 Å². The second kappa shape index (κ2) is 7.34. The number of aliphatic hydroxyl groups is 1. The molecular formula is C19H26N2O3. The number of amides is 2. The van der Waals surface area contributed by atoms with Crippen molar-refractivity contribution in [2.24, 2.45) is 5.41 Å². The summed E-state index contributed by atoms with van der Waals surface area (Å²) in [6.45, 7) is 2.53. The highest BCUT2D eigenvalue weighted by Crippen LogP contribution is 2.41. The Balaban J connectivity index is 1.48. The third kappa shape index (κ3) is 3.78. The van der Waals surface area contributed by atoms with E-state index in [1.807, 2.05) is 23.1 Å². The van der Waals surface area contributed by atoms with Gasteiger partial charge in [-0.1, -0.05) is 30.3 Å². The Morgan fingerprint density at radius 3 is 2.54 bits per heavy atom. The van der Waals surface area contributed by atoms with Crippen LogP contribution in [0.1, 0.15) is 31.2 Å². The number of likely N-dealkylation sites (tertiary alicyclic amines) is 2. The van der Waals surface area contributed by atoms with E-state index in [0.29, 0.717) is 19.5 Å². The van der Waals surface area contributed by atoms with E-state index in [1.165, 1.54) is 5.56 Å². The topological polar surface area (TPSA) is 60.9 Å². The smallest absolute Gasteiger partial charge is 0.248 e. The highest BCUT2D eigenvalue weighted by molar-refractivity contribution is 5.80. The molecule has 2 aliphatic rings. The standard InChI is InChI=1S/C19H26N2O3/c22-14-18(24)20-11-8-19(9-12-20)13-17(23)21(15-19)10-4-7-16-5-2-1-3-6-16/h1-3,5-6,22H,4,7-15H2. The minimum atomic E-state index is -0.419. The Hall–Kier alpha value is -1.88. The van der Waals surface area contributed by atoms with E-state index in [-0.39, 0.29) is 17.2 Å². The molecule has 0 aliphatic carbocycles. The monoisotopic (exact) mass is 330 g/mol. The molecule has 2 saturated heterocycles. The zero-order chi connectivity index (χ0) is 17.0. The molecular weight excluding hydrogens is 304 g/mol. The van der Waals surface area contributed by atoms with Gasteiger partial charge < -0.3 is 14.9 Å². The second-order valence-electron chi connectivity index (χ2n) is 7.12. The van der Waals surface area contributed by atoms with Gasteiger partial charge in [0.2, 0.25) is 11.8 Å². The number of carbonyl (C=O) groups excluding carboxylic acids is 2. The van der Waals surface area contributed by atoms with Gasteiger partial charge in [0.15, 0.2) is 0 Å². The molecule has 24 heavy (non-hydrogen) atoms. The predicted octanol–water partition coefficient (Wildman–Crippen LogP) is 1.45. The maximum Gasteiger partial charge on any atom is 0.248 e. The Bertz CT molecular complexity index is 580. The quantitative estimate of drug-likeness (QED) is 0.889. The largest absolute Gasteiger partial charge is 0.387 e. The number of aliphatic hydroxyl groups excluding tert-OH is 1. The molecule has 0 radical (unpaired) electrons. The summed E-state index contributed by atoms with van der Waals surface area (Å²) in [6, 6.07) is 10.4. The lowest BCUT2D eigenvalue weighted by Crippen LogP contribution is -2.45. The first-order chi connectivity index (χ1) is 11.6. The van der Waals surface area contributed by atoms with Gasteiger partial charge in [0.05, 0.1) is 0 Å². The van der Waals surface area contributed by atoms with Gasteiger partial charge in [-0.25, -0.2) is 0 Å². The average Bonchev–Trinajstić information content (AvgIpc) is 2.91. The molecule has 1 N–H and O–H groups in total. The van der Waals surface area contributed by atoms with Crippen LogP contribution in [0.15, 0.2) is 30.3 Å². The van der Waals surface area contributed by atoms with Crippen LogP contribution >= 0.6 is 0 Å². The lowest BCUT2D eigenvalue weighted by atomic mass is 9.77. The summed E-state index contributed by atoms with van der Waals surface area (Å²) in [6.07, 6.45) is 4.32. The molecule has 2 aliphatic heterocycles. The van der Waals surface area contributed by atoms with Crippen molar-refractivity contribution < 1.29 is 14.7 Å². The molecule has 0 unspecified atom stereocenters. The van der Waals surface area contributed by atoms with Gasteiger partial charge in [-0.05, 0) is 31.2 Å². The van der Waals surface area contributed by atoms with Crippen molar-refractivity contribution in [1.82, 2.24) is 9.80 Å². The van der Waals surface area contributed by atoms with Gasteiger partial charge >= 0.3 is 0 Å². The zero-order valence-corrected chi connectivity index (χ0v) is 14.1. The molecule has 3 rings (SSSR count). The summed E-state index contributed by atoms with van der Waals surface area (Å²) in [5.74, 6) is 0.0545. The summed E-state index contributed by atoms with van der Waals surface area (Å²) >= 11 is 0. The molecule has 0 atom stereocenters. The van der Waals surface area contributed by atoms with Crippen molar-refractivity contribution in [3.63, 3.8) is 0 Å². The molecule has 130 valence electrons. The zero-order valence-electron chi connectivity index (χ0n) is 14.1. The van der Waals surface area contributed by atoms with Crippen molar-refractivity contribution in [2.45, 2.75) is 32.1 Å². The SMILES string of the molecule is O=C(CO)N1CCC2(CC1)CC(=O)N(CCCc1ccccc1)C2. The van der Waals surface area contributed by atoms with Crippen LogP contribution in [0.5, 0.6) is 0 Å². The van der Waals surface area contributed by atoms with Crippen LogP contribution in [0, 0.1) is 5.41 Å². The van der Waals surface area contributed by atoms with E-state index < -0.39 is 6.61 Å². The fourth-order valence-electron chi connectivity index (χ4n) is 3.97. The summed E-state index contributed by atoms with van der Waals surface area (Å²) < 4.78 is 0. The number of nitrogens with zero attached hydrogens (tertiary/aromatic N) is 2. The summed E-state index contributed by atoms with van der Waals surface area (Å²) in [5.41, 5.74) is 1.35. The maximum atomic E-state index is 12.4. The fourth-order valence-corrected chi connectivity index (χ4v) is 3.97. The van der Waals surface area contributed by atoms with Crippen LogP contribution in [0.2, 0.25) is 0 Å². The Morgan fingerprint density at radius 1 is 1.17 bits per heavy atom. The number of hydrogen-bond acceptors (Lipinski definition) is 3. The third-order valence-electron chi connectivity index (χ3n) is 5.45. The number of rotatable bonds is 5. The van der Waals surface area contributed by atoms with E-state index in [2.05, 4.69) is 12.1 Å². The highest BCUT2D eigenvalue weighted by Gasteiger charge is 2.45. The van der Waals surface area contributed by atoms with Crippen LogP contribution in [0.4, 0.5) is 0 Å². The van der Waals surface area contributed by atoms with Crippen LogP contribution in [-0.4, -0.2) is 59.5 Å². The minimum Gasteiger partial charge on any atom is -0.387 e. The normalized spacial score (nSPS) is 20.0. The van der Waals surface area contributed by atoms with Crippen molar-refractivity contribution in [1.29, 1.82) is 0 Å². The number of carbonyl (C=O) groups is 2. The molecule has 5 nitrogen and oxygen atoms in total. The van der Waals surface area contributed by atoms with Crippen LogP contribution in [0.25, 0.3) is 0 Å². The molecule has 0 aromatic heterocycles. The van der Waals surface area contributed by atoms with Crippen molar-refractivity contribution in [2.75, 3.05) is 32.8 Å². The lowest BCUT2D eigenvalue weighted by molar-refractivity contribution is -0.136.